The lowest BCUT2D eigenvalue weighted by Gasteiger charge is -1.99. The van der Waals surface area contributed by atoms with E-state index >= 15 is 0 Å². The van der Waals surface area contributed by atoms with Crippen LogP contribution in [0.5, 0.6) is 0 Å². The highest BCUT2D eigenvalue weighted by Crippen LogP contribution is 2.41. The van der Waals surface area contributed by atoms with Crippen molar-refractivity contribution in [1.29, 1.82) is 0 Å². The lowest BCUT2D eigenvalue weighted by Crippen LogP contribution is -1.88. The predicted molar refractivity (Wildman–Crippen MR) is 56.5 cm³/mol. The smallest absolute Gasteiger partial charge is 0.140 e. The molecule has 1 aliphatic rings. The molecule has 2 aromatic heterocycles. The zero-order chi connectivity index (χ0) is 10.3. The summed E-state index contributed by atoms with van der Waals surface area (Å²) in [6, 6.07) is 4.15. The van der Waals surface area contributed by atoms with E-state index in [1.165, 1.54) is 24.6 Å². The van der Waals surface area contributed by atoms with Crippen LogP contribution in [0, 0.1) is 0 Å². The molecule has 0 aromatic carbocycles. The van der Waals surface area contributed by atoms with Gasteiger partial charge in [0, 0.05) is 12.4 Å². The zero-order valence-electron chi connectivity index (χ0n) is 8.17. The van der Waals surface area contributed by atoms with E-state index in [9.17, 15) is 0 Å². The summed E-state index contributed by atoms with van der Waals surface area (Å²) in [5, 5.41) is 11.4. The van der Waals surface area contributed by atoms with E-state index in [1.54, 1.807) is 0 Å². The third kappa shape index (κ3) is 1.38. The minimum absolute atomic E-state index is 0.676. The van der Waals surface area contributed by atoms with Crippen molar-refractivity contribution in [3.8, 4) is 0 Å². The van der Waals surface area contributed by atoms with Crippen molar-refractivity contribution < 1.29 is 5.21 Å². The van der Waals surface area contributed by atoms with Gasteiger partial charge in [0.25, 0.3) is 0 Å². The molecule has 3 rings (SSSR count). The van der Waals surface area contributed by atoms with Crippen LogP contribution in [0.1, 0.15) is 30.0 Å². The molecule has 15 heavy (non-hydrogen) atoms. The monoisotopic (exact) mass is 201 g/mol. The standard InChI is InChI=1S/C11H11N3O/c15-12-6-9-7-14-5-1-2-10(8-3-4-8)11(14)13-9/h1-2,5-8,15H,3-4H2. The molecule has 2 aromatic rings. The molecular weight excluding hydrogens is 190 g/mol. The highest BCUT2D eigenvalue weighted by atomic mass is 16.4. The molecular formula is C11H11N3O. The number of aromatic nitrogens is 2. The summed E-state index contributed by atoms with van der Waals surface area (Å²) in [6.45, 7) is 0. The van der Waals surface area contributed by atoms with Crippen LogP contribution in [0.15, 0.2) is 29.7 Å². The van der Waals surface area contributed by atoms with Gasteiger partial charge < -0.3 is 9.61 Å². The second-order valence-corrected chi connectivity index (χ2v) is 3.88. The Kier molecular flexibility index (Phi) is 1.74. The van der Waals surface area contributed by atoms with Crippen LogP contribution in [-0.2, 0) is 0 Å². The molecule has 2 heterocycles. The number of nitrogens with zero attached hydrogens (tertiary/aromatic N) is 3. The van der Waals surface area contributed by atoms with Crippen LogP contribution in [0.3, 0.4) is 0 Å². The number of rotatable bonds is 2. The van der Waals surface area contributed by atoms with Crippen molar-refractivity contribution in [2.24, 2.45) is 5.16 Å². The first-order chi connectivity index (χ1) is 7.38. The lowest BCUT2D eigenvalue weighted by molar-refractivity contribution is 0.321. The molecule has 0 aliphatic heterocycles. The second kappa shape index (κ2) is 3.08. The maximum atomic E-state index is 8.46. The molecule has 1 N–H and O–H groups in total. The third-order valence-electron chi connectivity index (χ3n) is 2.74. The fourth-order valence-electron chi connectivity index (χ4n) is 1.89. The van der Waals surface area contributed by atoms with Crippen molar-refractivity contribution in [2.45, 2.75) is 18.8 Å². The van der Waals surface area contributed by atoms with Crippen LogP contribution >= 0.6 is 0 Å². The molecule has 0 saturated heterocycles. The Morgan fingerprint density at radius 1 is 1.53 bits per heavy atom. The molecule has 1 saturated carbocycles. The lowest BCUT2D eigenvalue weighted by atomic mass is 10.2. The van der Waals surface area contributed by atoms with E-state index in [0.717, 1.165) is 5.65 Å². The summed E-state index contributed by atoms with van der Waals surface area (Å²) in [5.74, 6) is 0.676. The van der Waals surface area contributed by atoms with Gasteiger partial charge in [0.05, 0.1) is 6.21 Å². The first-order valence-corrected chi connectivity index (χ1v) is 5.03. The average molecular weight is 201 g/mol. The van der Waals surface area contributed by atoms with Crippen molar-refractivity contribution in [2.75, 3.05) is 0 Å². The summed E-state index contributed by atoms with van der Waals surface area (Å²) in [6.07, 6.45) is 7.69. The maximum Gasteiger partial charge on any atom is 0.140 e. The zero-order valence-corrected chi connectivity index (χ0v) is 8.17. The Balaban J connectivity index is 2.19. The highest BCUT2D eigenvalue weighted by Gasteiger charge is 2.26. The molecule has 0 unspecified atom stereocenters. The third-order valence-corrected chi connectivity index (χ3v) is 2.74. The van der Waals surface area contributed by atoms with Gasteiger partial charge in [-0.15, -0.1) is 0 Å². The maximum absolute atomic E-state index is 8.46. The van der Waals surface area contributed by atoms with Gasteiger partial charge in [-0.3, -0.25) is 0 Å². The van der Waals surface area contributed by atoms with Crippen LogP contribution in [0.25, 0.3) is 5.65 Å². The van der Waals surface area contributed by atoms with E-state index < -0.39 is 0 Å². The Labute approximate surface area is 86.9 Å². The van der Waals surface area contributed by atoms with Gasteiger partial charge in [0.1, 0.15) is 11.3 Å². The number of hydrogen-bond acceptors (Lipinski definition) is 3. The Bertz CT molecular complexity index is 526. The van der Waals surface area contributed by atoms with Crippen LogP contribution < -0.4 is 0 Å². The normalized spacial score (nSPS) is 16.5. The van der Waals surface area contributed by atoms with Crippen molar-refractivity contribution in [1.82, 2.24) is 9.38 Å². The first kappa shape index (κ1) is 8.47. The average Bonchev–Trinajstić information content (AvgIpc) is 2.98. The van der Waals surface area contributed by atoms with Gasteiger partial charge in [0.15, 0.2) is 0 Å². The van der Waals surface area contributed by atoms with E-state index in [-0.39, 0.29) is 0 Å². The summed E-state index contributed by atoms with van der Waals surface area (Å²) < 4.78 is 1.98. The first-order valence-electron chi connectivity index (χ1n) is 5.03. The minimum atomic E-state index is 0.676. The van der Waals surface area contributed by atoms with E-state index in [1.807, 2.05) is 22.9 Å². The molecule has 0 spiro atoms. The molecule has 0 atom stereocenters. The number of oxime groups is 1. The van der Waals surface area contributed by atoms with Crippen molar-refractivity contribution in [3.05, 3.63) is 35.8 Å². The van der Waals surface area contributed by atoms with Crippen molar-refractivity contribution >= 4 is 11.9 Å². The fraction of sp³-hybridized carbons (Fsp3) is 0.273. The van der Waals surface area contributed by atoms with Gasteiger partial charge in [0.2, 0.25) is 0 Å². The van der Waals surface area contributed by atoms with Gasteiger partial charge in [-0.2, -0.15) is 0 Å². The summed E-state index contributed by atoms with van der Waals surface area (Å²) in [4.78, 5) is 4.42. The van der Waals surface area contributed by atoms with Gasteiger partial charge in [-0.25, -0.2) is 4.98 Å². The SMILES string of the molecule is ON=Cc1cn2cccc(C3CC3)c2n1. The number of fused-ring (bicyclic) bond motifs is 1. The van der Waals surface area contributed by atoms with Gasteiger partial charge >= 0.3 is 0 Å². The largest absolute Gasteiger partial charge is 0.411 e. The molecule has 4 nitrogen and oxygen atoms in total. The molecule has 1 aliphatic carbocycles. The quantitative estimate of drug-likeness (QED) is 0.459. The minimum Gasteiger partial charge on any atom is -0.411 e. The molecule has 76 valence electrons. The van der Waals surface area contributed by atoms with Crippen molar-refractivity contribution in [3.63, 3.8) is 0 Å². The molecule has 0 amide bonds. The van der Waals surface area contributed by atoms with Gasteiger partial charge in [-0.05, 0) is 30.4 Å². The Morgan fingerprint density at radius 3 is 3.13 bits per heavy atom. The molecule has 1 fully saturated rings. The Hall–Kier alpha value is -1.84. The predicted octanol–water partition coefficient (Wildman–Crippen LogP) is 2.02. The van der Waals surface area contributed by atoms with Crippen LogP contribution in [0.4, 0.5) is 0 Å². The van der Waals surface area contributed by atoms with E-state index in [4.69, 9.17) is 5.21 Å². The highest BCUT2D eigenvalue weighted by molar-refractivity contribution is 5.78. The summed E-state index contributed by atoms with van der Waals surface area (Å²) >= 11 is 0. The van der Waals surface area contributed by atoms with Crippen LogP contribution in [-0.4, -0.2) is 20.8 Å². The van der Waals surface area contributed by atoms with E-state index in [0.29, 0.717) is 11.6 Å². The molecule has 4 heteroatoms. The number of pyridine rings is 1. The second-order valence-electron chi connectivity index (χ2n) is 3.88. The Morgan fingerprint density at radius 2 is 2.40 bits per heavy atom. The molecule has 0 radical (unpaired) electrons. The van der Waals surface area contributed by atoms with Crippen LogP contribution in [0.2, 0.25) is 0 Å². The molecule has 0 bridgehead atoms. The number of hydrogen-bond donors (Lipinski definition) is 1. The van der Waals surface area contributed by atoms with E-state index in [2.05, 4.69) is 16.2 Å². The topological polar surface area (TPSA) is 49.9 Å². The van der Waals surface area contributed by atoms with Gasteiger partial charge in [-0.1, -0.05) is 11.2 Å². The summed E-state index contributed by atoms with van der Waals surface area (Å²) in [7, 11) is 0. The fourth-order valence-corrected chi connectivity index (χ4v) is 1.89. The summed E-state index contributed by atoms with van der Waals surface area (Å²) in [5.41, 5.74) is 2.97. The number of imidazole rings is 1.